The average Bonchev–Trinajstić information content (AvgIpc) is 2.34. The zero-order valence-corrected chi connectivity index (χ0v) is 4.96. The summed E-state index contributed by atoms with van der Waals surface area (Å²) in [5.74, 6) is 2.41. The van der Waals surface area contributed by atoms with E-state index in [4.69, 9.17) is 6.42 Å². The Labute approximate surface area is 54.4 Å². The van der Waals surface area contributed by atoms with Gasteiger partial charge in [0.1, 0.15) is 0 Å². The molecular formula is C8H7N. The van der Waals surface area contributed by atoms with Gasteiger partial charge >= 0.3 is 0 Å². The third-order valence-corrected chi connectivity index (χ3v) is 0.981. The third-order valence-electron chi connectivity index (χ3n) is 0.981. The molecule has 0 radical (unpaired) electrons. The summed E-state index contributed by atoms with van der Waals surface area (Å²) in [6, 6.07) is 3.88. The normalized spacial score (nSPS) is 9.67. The van der Waals surface area contributed by atoms with Crippen LogP contribution in [-0.4, -0.2) is 4.98 Å². The molecule has 0 amide bonds. The fourth-order valence-corrected chi connectivity index (χ4v) is 0.586. The molecule has 1 heterocycles. The van der Waals surface area contributed by atoms with Crippen molar-refractivity contribution in [2.75, 3.05) is 0 Å². The van der Waals surface area contributed by atoms with Crippen LogP contribution in [0.1, 0.15) is 5.69 Å². The Morgan fingerprint density at radius 1 is 1.67 bits per heavy atom. The van der Waals surface area contributed by atoms with Crippen molar-refractivity contribution in [1.82, 2.24) is 4.98 Å². The van der Waals surface area contributed by atoms with Crippen LogP contribution in [0.4, 0.5) is 0 Å². The molecule has 1 rings (SSSR count). The van der Waals surface area contributed by atoms with Gasteiger partial charge in [0.05, 0.1) is 0 Å². The predicted molar refractivity (Wildman–Crippen MR) is 38.7 cm³/mol. The van der Waals surface area contributed by atoms with Gasteiger partial charge in [-0.2, -0.15) is 0 Å². The Kier molecular flexibility index (Phi) is 1.77. The van der Waals surface area contributed by atoms with Gasteiger partial charge in [-0.3, -0.25) is 0 Å². The van der Waals surface area contributed by atoms with Gasteiger partial charge in [0, 0.05) is 11.9 Å². The Morgan fingerprint density at radius 3 is 3.11 bits per heavy atom. The van der Waals surface area contributed by atoms with E-state index in [1.54, 1.807) is 6.08 Å². The molecule has 0 aliphatic heterocycles. The van der Waals surface area contributed by atoms with Crippen LogP contribution in [0, 0.1) is 12.3 Å². The average molecular weight is 117 g/mol. The van der Waals surface area contributed by atoms with Crippen LogP contribution in [-0.2, 0) is 0 Å². The molecule has 0 spiro atoms. The number of nitrogens with one attached hydrogen (secondary N) is 1. The van der Waals surface area contributed by atoms with Gasteiger partial charge in [0.25, 0.3) is 0 Å². The maximum absolute atomic E-state index is 4.99. The first-order chi connectivity index (χ1) is 4.43. The minimum Gasteiger partial charge on any atom is -0.362 e. The number of allylic oxidation sites excluding steroid dienone is 1. The first kappa shape index (κ1) is 5.71. The minimum atomic E-state index is 1.04. The van der Waals surface area contributed by atoms with E-state index >= 15 is 0 Å². The van der Waals surface area contributed by atoms with E-state index in [-0.39, 0.29) is 0 Å². The fourth-order valence-electron chi connectivity index (χ4n) is 0.586. The Balaban J connectivity index is 2.71. The van der Waals surface area contributed by atoms with E-state index in [9.17, 15) is 0 Å². The molecule has 44 valence electrons. The molecular weight excluding hydrogens is 110 g/mol. The van der Waals surface area contributed by atoms with Gasteiger partial charge in [0.2, 0.25) is 0 Å². The molecule has 9 heavy (non-hydrogen) atoms. The van der Waals surface area contributed by atoms with Crippen molar-refractivity contribution in [1.29, 1.82) is 0 Å². The molecule has 0 atom stereocenters. The number of aromatic nitrogens is 1. The molecule has 0 aliphatic rings. The van der Waals surface area contributed by atoms with Crippen LogP contribution in [0.5, 0.6) is 0 Å². The second kappa shape index (κ2) is 2.78. The topological polar surface area (TPSA) is 15.8 Å². The molecule has 0 aliphatic carbocycles. The Hall–Kier alpha value is -1.42. The van der Waals surface area contributed by atoms with E-state index in [1.807, 2.05) is 24.4 Å². The van der Waals surface area contributed by atoms with Crippen molar-refractivity contribution in [3.05, 3.63) is 30.1 Å². The molecule has 0 unspecified atom stereocenters. The van der Waals surface area contributed by atoms with E-state index in [0.29, 0.717) is 0 Å². The van der Waals surface area contributed by atoms with Crippen molar-refractivity contribution in [2.45, 2.75) is 0 Å². The second-order valence-electron chi connectivity index (χ2n) is 1.63. The fraction of sp³-hybridized carbons (Fsp3) is 0. The van der Waals surface area contributed by atoms with E-state index < -0.39 is 0 Å². The van der Waals surface area contributed by atoms with E-state index in [0.717, 1.165) is 5.69 Å². The maximum atomic E-state index is 4.99. The van der Waals surface area contributed by atoms with Crippen molar-refractivity contribution in [2.24, 2.45) is 0 Å². The van der Waals surface area contributed by atoms with Gasteiger partial charge in [-0.15, -0.1) is 6.42 Å². The molecule has 0 bridgehead atoms. The summed E-state index contributed by atoms with van der Waals surface area (Å²) in [4.78, 5) is 2.99. The lowest BCUT2D eigenvalue weighted by Crippen LogP contribution is -1.64. The van der Waals surface area contributed by atoms with Gasteiger partial charge in [-0.1, -0.05) is 5.92 Å². The summed E-state index contributed by atoms with van der Waals surface area (Å²) in [6.45, 7) is 0. The number of hydrogen-bond acceptors (Lipinski definition) is 0. The van der Waals surface area contributed by atoms with Crippen molar-refractivity contribution in [3.8, 4) is 12.3 Å². The second-order valence-corrected chi connectivity index (χ2v) is 1.63. The van der Waals surface area contributed by atoms with Crippen LogP contribution >= 0.6 is 0 Å². The largest absolute Gasteiger partial charge is 0.362 e. The highest BCUT2D eigenvalue weighted by atomic mass is 14.7. The first-order valence-corrected chi connectivity index (χ1v) is 2.69. The van der Waals surface area contributed by atoms with E-state index in [1.165, 1.54) is 0 Å². The van der Waals surface area contributed by atoms with Crippen LogP contribution in [0.15, 0.2) is 24.4 Å². The van der Waals surface area contributed by atoms with Crippen molar-refractivity contribution < 1.29 is 0 Å². The van der Waals surface area contributed by atoms with Crippen LogP contribution < -0.4 is 0 Å². The molecule has 1 nitrogen and oxygen atoms in total. The Bertz CT molecular complexity index is 224. The van der Waals surface area contributed by atoms with E-state index in [2.05, 4.69) is 10.9 Å². The number of rotatable bonds is 1. The Morgan fingerprint density at radius 2 is 2.56 bits per heavy atom. The minimum absolute atomic E-state index is 1.04. The molecule has 1 aromatic rings. The third kappa shape index (κ3) is 1.50. The molecule has 1 heteroatoms. The lowest BCUT2D eigenvalue weighted by Gasteiger charge is -1.77. The molecule has 0 saturated carbocycles. The van der Waals surface area contributed by atoms with Crippen LogP contribution in [0.2, 0.25) is 0 Å². The molecule has 0 saturated heterocycles. The summed E-state index contributed by atoms with van der Waals surface area (Å²) in [6.07, 6.45) is 10.4. The maximum Gasteiger partial charge on any atom is 0.0386 e. The summed E-state index contributed by atoms with van der Waals surface area (Å²) in [5, 5.41) is 0. The van der Waals surface area contributed by atoms with Crippen LogP contribution in [0.3, 0.4) is 0 Å². The standard InChI is InChI=1S/C8H7N/c1-2-3-5-8-6-4-7-9-8/h1,3-7,9H/b5-3-. The van der Waals surface area contributed by atoms with Gasteiger partial charge in [-0.25, -0.2) is 0 Å². The van der Waals surface area contributed by atoms with Crippen LogP contribution in [0.25, 0.3) is 6.08 Å². The summed E-state index contributed by atoms with van der Waals surface area (Å²) in [7, 11) is 0. The lowest BCUT2D eigenvalue weighted by molar-refractivity contribution is 1.38. The first-order valence-electron chi connectivity index (χ1n) is 2.69. The van der Waals surface area contributed by atoms with Gasteiger partial charge in [-0.05, 0) is 24.3 Å². The van der Waals surface area contributed by atoms with Crippen molar-refractivity contribution >= 4 is 6.08 Å². The SMILES string of the molecule is C#C/C=C\c1ccc[nH]1. The molecule has 0 fully saturated rings. The monoisotopic (exact) mass is 117 g/mol. The zero-order valence-electron chi connectivity index (χ0n) is 4.96. The smallest absolute Gasteiger partial charge is 0.0386 e. The number of terminal acetylenes is 1. The predicted octanol–water partition coefficient (Wildman–Crippen LogP) is 1.66. The quantitative estimate of drug-likeness (QED) is 0.538. The number of H-pyrrole nitrogens is 1. The molecule has 1 aromatic heterocycles. The zero-order chi connectivity index (χ0) is 6.53. The highest BCUT2D eigenvalue weighted by Crippen LogP contribution is 1.95. The van der Waals surface area contributed by atoms with Gasteiger partial charge < -0.3 is 4.98 Å². The molecule has 0 aromatic carbocycles. The summed E-state index contributed by atoms with van der Waals surface area (Å²) in [5.41, 5.74) is 1.04. The summed E-state index contributed by atoms with van der Waals surface area (Å²) < 4.78 is 0. The number of hydrogen-bond donors (Lipinski definition) is 1. The van der Waals surface area contributed by atoms with Crippen molar-refractivity contribution in [3.63, 3.8) is 0 Å². The van der Waals surface area contributed by atoms with Gasteiger partial charge in [0.15, 0.2) is 0 Å². The highest BCUT2D eigenvalue weighted by Gasteiger charge is 1.79. The summed E-state index contributed by atoms with van der Waals surface area (Å²) >= 11 is 0. The lowest BCUT2D eigenvalue weighted by atomic mass is 10.4. The molecule has 1 N–H and O–H groups in total. The number of aromatic amines is 1. The highest BCUT2D eigenvalue weighted by molar-refractivity contribution is 5.48.